The molecule has 8 nitrogen and oxygen atoms in total. The summed E-state index contributed by atoms with van der Waals surface area (Å²) >= 11 is 0. The van der Waals surface area contributed by atoms with Crippen LogP contribution >= 0.6 is 0 Å². The molecule has 0 fully saturated rings. The Morgan fingerprint density at radius 1 is 1.20 bits per heavy atom. The van der Waals surface area contributed by atoms with Crippen LogP contribution in [-0.2, 0) is 19.6 Å². The number of aliphatic carboxylic acids is 1. The number of hydrogen-bond donors (Lipinski definition) is 2. The first-order valence-electron chi connectivity index (χ1n) is 7.62. The lowest BCUT2D eigenvalue weighted by molar-refractivity contribution is -0.142. The van der Waals surface area contributed by atoms with Gasteiger partial charge in [0, 0.05) is 32.1 Å². The second-order valence-electron chi connectivity index (χ2n) is 5.74. The first-order chi connectivity index (χ1) is 11.5. The molecule has 0 aliphatic rings. The molecule has 0 aliphatic carbocycles. The number of ketones is 1. The van der Waals surface area contributed by atoms with E-state index in [-0.39, 0.29) is 36.1 Å². The summed E-state index contributed by atoms with van der Waals surface area (Å²) in [4.78, 5) is 35.1. The number of hydrogen-bond acceptors (Lipinski definition) is 5. The second-order valence-corrected chi connectivity index (χ2v) is 7.51. The van der Waals surface area contributed by atoms with Gasteiger partial charge in [-0.2, -0.15) is 0 Å². The van der Waals surface area contributed by atoms with E-state index in [4.69, 9.17) is 5.11 Å². The average molecular weight is 370 g/mol. The van der Waals surface area contributed by atoms with Crippen LogP contribution in [-0.4, -0.2) is 56.2 Å². The number of carbonyl (C=O) groups is 3. The molecule has 138 valence electrons. The third kappa shape index (κ3) is 6.28. The third-order valence-electron chi connectivity index (χ3n) is 3.60. The Kier molecular flexibility index (Phi) is 7.25. The maximum atomic E-state index is 12.1. The lowest BCUT2D eigenvalue weighted by Gasteiger charge is -2.19. The van der Waals surface area contributed by atoms with Crippen molar-refractivity contribution in [2.24, 2.45) is 5.92 Å². The molecule has 1 amide bonds. The summed E-state index contributed by atoms with van der Waals surface area (Å²) in [6.07, 6.45) is -0.0897. The summed E-state index contributed by atoms with van der Waals surface area (Å²) in [7, 11) is -2.32. The lowest BCUT2D eigenvalue weighted by Crippen LogP contribution is -2.36. The number of amides is 1. The van der Waals surface area contributed by atoms with Crippen LogP contribution in [0.2, 0.25) is 0 Å². The highest BCUT2D eigenvalue weighted by Gasteiger charge is 2.19. The molecule has 0 saturated carbocycles. The first kappa shape index (κ1) is 20.8. The molecule has 25 heavy (non-hydrogen) atoms. The highest BCUT2D eigenvalue weighted by Crippen LogP contribution is 2.11. The van der Waals surface area contributed by atoms with Crippen LogP contribution in [0.15, 0.2) is 29.2 Å². The topological polar surface area (TPSA) is 121 Å². The zero-order valence-electron chi connectivity index (χ0n) is 14.4. The van der Waals surface area contributed by atoms with E-state index in [9.17, 15) is 22.8 Å². The summed E-state index contributed by atoms with van der Waals surface area (Å²) in [6, 6.07) is 5.48. The van der Waals surface area contributed by atoms with E-state index >= 15 is 0 Å². The first-order valence-corrected chi connectivity index (χ1v) is 9.10. The Bertz CT molecular complexity index is 742. The summed E-state index contributed by atoms with van der Waals surface area (Å²) in [5.74, 6) is -2.23. The summed E-state index contributed by atoms with van der Waals surface area (Å²) in [6.45, 7) is 2.81. The number of rotatable bonds is 9. The lowest BCUT2D eigenvalue weighted by atomic mass is 10.2. The van der Waals surface area contributed by atoms with Gasteiger partial charge in [0.15, 0.2) is 5.78 Å². The number of nitrogens with one attached hydrogen (secondary N) is 1. The van der Waals surface area contributed by atoms with Gasteiger partial charge in [0.1, 0.15) is 0 Å². The van der Waals surface area contributed by atoms with E-state index in [2.05, 4.69) is 4.72 Å². The van der Waals surface area contributed by atoms with Gasteiger partial charge in [-0.25, -0.2) is 13.1 Å². The fraction of sp³-hybridized carbons (Fsp3) is 0.438. The molecule has 0 heterocycles. The van der Waals surface area contributed by atoms with E-state index in [1.165, 1.54) is 50.1 Å². The third-order valence-corrected chi connectivity index (χ3v) is 5.07. The van der Waals surface area contributed by atoms with E-state index < -0.39 is 21.9 Å². The van der Waals surface area contributed by atoms with Gasteiger partial charge in [-0.3, -0.25) is 14.4 Å². The van der Waals surface area contributed by atoms with Crippen molar-refractivity contribution in [1.82, 2.24) is 9.62 Å². The van der Waals surface area contributed by atoms with Gasteiger partial charge >= 0.3 is 5.97 Å². The Labute approximate surface area is 146 Å². The minimum absolute atomic E-state index is 0.00203. The minimum atomic E-state index is -3.79. The SMILES string of the molecule is CC(=O)c1ccc(S(=O)(=O)NCCC(=O)N(C)CC(C)C(=O)O)cc1. The Morgan fingerprint density at radius 3 is 2.24 bits per heavy atom. The van der Waals surface area contributed by atoms with Crippen molar-refractivity contribution in [2.75, 3.05) is 20.1 Å². The Balaban J connectivity index is 2.57. The Hall–Kier alpha value is -2.26. The molecule has 0 radical (unpaired) electrons. The van der Waals surface area contributed by atoms with Gasteiger partial charge < -0.3 is 10.0 Å². The standard InChI is InChI=1S/C16H22N2O6S/c1-11(16(21)22)10-18(3)15(20)8-9-17-25(23,24)14-6-4-13(5-7-14)12(2)19/h4-7,11,17H,8-10H2,1-3H3,(H,21,22). The highest BCUT2D eigenvalue weighted by molar-refractivity contribution is 7.89. The molecule has 1 rings (SSSR count). The molecule has 0 saturated heterocycles. The van der Waals surface area contributed by atoms with E-state index in [0.717, 1.165) is 0 Å². The van der Waals surface area contributed by atoms with Crippen LogP contribution in [0, 0.1) is 5.92 Å². The zero-order valence-corrected chi connectivity index (χ0v) is 15.2. The molecule has 0 bridgehead atoms. The number of carbonyl (C=O) groups excluding carboxylic acids is 2. The van der Waals surface area contributed by atoms with Crippen molar-refractivity contribution >= 4 is 27.7 Å². The smallest absolute Gasteiger partial charge is 0.308 e. The van der Waals surface area contributed by atoms with Crippen LogP contribution in [0.1, 0.15) is 30.6 Å². The maximum absolute atomic E-state index is 12.1. The predicted octanol–water partition coefficient (Wildman–Crippen LogP) is 0.737. The fourth-order valence-corrected chi connectivity index (χ4v) is 3.06. The summed E-state index contributed by atoms with van der Waals surface area (Å²) in [5, 5.41) is 8.82. The molecule has 9 heteroatoms. The number of carboxylic acid groups (broad SMARTS) is 1. The van der Waals surface area contributed by atoms with Gasteiger partial charge in [0.05, 0.1) is 10.8 Å². The number of Topliss-reactive ketones (excluding diaryl/α,β-unsaturated/α-hetero) is 1. The number of benzene rings is 1. The van der Waals surface area contributed by atoms with Crippen LogP contribution in [0.25, 0.3) is 0 Å². The monoisotopic (exact) mass is 370 g/mol. The molecule has 1 unspecified atom stereocenters. The van der Waals surface area contributed by atoms with Crippen molar-refractivity contribution in [3.8, 4) is 0 Å². The molecule has 0 aliphatic heterocycles. The molecule has 0 aromatic heterocycles. The van der Waals surface area contributed by atoms with E-state index in [1.807, 2.05) is 0 Å². The predicted molar refractivity (Wildman–Crippen MR) is 90.7 cm³/mol. The quantitative estimate of drug-likeness (QED) is 0.618. The van der Waals surface area contributed by atoms with E-state index in [0.29, 0.717) is 5.56 Å². The molecule has 1 aromatic rings. The second kappa shape index (κ2) is 8.72. The molecule has 0 spiro atoms. The molecule has 2 N–H and O–H groups in total. The van der Waals surface area contributed by atoms with Crippen LogP contribution in [0.3, 0.4) is 0 Å². The van der Waals surface area contributed by atoms with Crippen molar-refractivity contribution in [3.63, 3.8) is 0 Å². The highest BCUT2D eigenvalue weighted by atomic mass is 32.2. The number of carboxylic acids is 1. The maximum Gasteiger partial charge on any atom is 0.308 e. The molecule has 1 atom stereocenters. The Morgan fingerprint density at radius 2 is 1.76 bits per heavy atom. The normalized spacial score (nSPS) is 12.4. The average Bonchev–Trinajstić information content (AvgIpc) is 2.54. The van der Waals surface area contributed by atoms with Gasteiger partial charge in [0.25, 0.3) is 0 Å². The summed E-state index contributed by atoms with van der Waals surface area (Å²) < 4.78 is 26.6. The van der Waals surface area contributed by atoms with Crippen molar-refractivity contribution in [1.29, 1.82) is 0 Å². The molecular formula is C16H22N2O6S. The van der Waals surface area contributed by atoms with Gasteiger partial charge in [0.2, 0.25) is 15.9 Å². The number of nitrogens with zero attached hydrogens (tertiary/aromatic N) is 1. The fourth-order valence-electron chi connectivity index (χ4n) is 2.03. The largest absolute Gasteiger partial charge is 0.481 e. The van der Waals surface area contributed by atoms with E-state index in [1.54, 1.807) is 0 Å². The molecule has 1 aromatic carbocycles. The van der Waals surface area contributed by atoms with Crippen LogP contribution < -0.4 is 4.72 Å². The molecular weight excluding hydrogens is 348 g/mol. The van der Waals surface area contributed by atoms with Gasteiger partial charge in [-0.05, 0) is 19.1 Å². The van der Waals surface area contributed by atoms with Crippen molar-refractivity contribution in [3.05, 3.63) is 29.8 Å². The van der Waals surface area contributed by atoms with Crippen LogP contribution in [0.4, 0.5) is 0 Å². The minimum Gasteiger partial charge on any atom is -0.481 e. The van der Waals surface area contributed by atoms with Crippen molar-refractivity contribution < 1.29 is 27.9 Å². The van der Waals surface area contributed by atoms with Crippen LogP contribution in [0.5, 0.6) is 0 Å². The van der Waals surface area contributed by atoms with Crippen molar-refractivity contribution in [2.45, 2.75) is 25.2 Å². The summed E-state index contributed by atoms with van der Waals surface area (Å²) in [5.41, 5.74) is 0.406. The zero-order chi connectivity index (χ0) is 19.2. The van der Waals surface area contributed by atoms with Gasteiger partial charge in [-0.15, -0.1) is 0 Å². The number of sulfonamides is 1. The van der Waals surface area contributed by atoms with Gasteiger partial charge in [-0.1, -0.05) is 19.1 Å².